The Hall–Kier alpha value is -1.89. The Balaban J connectivity index is 1.68. The SMILES string of the molecule is NC1(c2noc(C3(c4cccc(C(F)(F)F)c4)CC3)n2)CCCC1. The summed E-state index contributed by atoms with van der Waals surface area (Å²) in [7, 11) is 0. The van der Waals surface area contributed by atoms with Crippen molar-refractivity contribution in [2.45, 2.75) is 55.7 Å². The smallest absolute Gasteiger partial charge is 0.338 e. The summed E-state index contributed by atoms with van der Waals surface area (Å²) in [6.07, 6.45) is 0.710. The number of alkyl halides is 3. The fraction of sp³-hybridized carbons (Fsp3) is 0.529. The molecule has 0 aliphatic heterocycles. The number of aromatic nitrogens is 2. The van der Waals surface area contributed by atoms with Gasteiger partial charge in [0.15, 0.2) is 5.82 Å². The predicted molar refractivity (Wildman–Crippen MR) is 80.1 cm³/mol. The third-order valence-corrected chi connectivity index (χ3v) is 5.27. The molecule has 24 heavy (non-hydrogen) atoms. The Morgan fingerprint density at radius 3 is 2.42 bits per heavy atom. The molecule has 4 nitrogen and oxygen atoms in total. The van der Waals surface area contributed by atoms with Crippen LogP contribution < -0.4 is 5.73 Å². The quantitative estimate of drug-likeness (QED) is 0.923. The van der Waals surface area contributed by atoms with E-state index >= 15 is 0 Å². The van der Waals surface area contributed by atoms with E-state index in [9.17, 15) is 13.2 Å². The molecule has 1 aromatic heterocycles. The average Bonchev–Trinajstić information content (AvgIpc) is 2.98. The number of nitrogens with two attached hydrogens (primary N) is 1. The first-order valence-corrected chi connectivity index (χ1v) is 8.15. The summed E-state index contributed by atoms with van der Waals surface area (Å²) in [4.78, 5) is 4.48. The Labute approximate surface area is 137 Å². The summed E-state index contributed by atoms with van der Waals surface area (Å²) < 4.78 is 44.3. The number of nitrogens with zero attached hydrogens (tertiary/aromatic N) is 2. The van der Waals surface area contributed by atoms with E-state index < -0.39 is 22.7 Å². The summed E-state index contributed by atoms with van der Waals surface area (Å²) in [6.45, 7) is 0. The molecule has 7 heteroatoms. The van der Waals surface area contributed by atoms with Gasteiger partial charge < -0.3 is 10.3 Å². The molecule has 128 valence electrons. The van der Waals surface area contributed by atoms with Gasteiger partial charge in [-0.2, -0.15) is 18.2 Å². The minimum Gasteiger partial charge on any atom is -0.338 e. The molecule has 0 bridgehead atoms. The highest BCUT2D eigenvalue weighted by Gasteiger charge is 2.52. The molecule has 0 atom stereocenters. The van der Waals surface area contributed by atoms with Crippen LogP contribution in [0.5, 0.6) is 0 Å². The highest BCUT2D eigenvalue weighted by Crippen LogP contribution is 2.53. The Morgan fingerprint density at radius 2 is 1.79 bits per heavy atom. The van der Waals surface area contributed by atoms with Crippen LogP contribution in [0.4, 0.5) is 13.2 Å². The van der Waals surface area contributed by atoms with Crippen molar-refractivity contribution in [3.63, 3.8) is 0 Å². The maximum atomic E-state index is 13.0. The molecule has 2 aliphatic rings. The molecule has 2 saturated carbocycles. The highest BCUT2D eigenvalue weighted by molar-refractivity contribution is 5.41. The lowest BCUT2D eigenvalue weighted by atomic mass is 9.93. The van der Waals surface area contributed by atoms with Crippen molar-refractivity contribution >= 4 is 0 Å². The monoisotopic (exact) mass is 337 g/mol. The molecular formula is C17H18F3N3O. The molecule has 0 unspecified atom stereocenters. The zero-order chi connectivity index (χ0) is 17.0. The molecular weight excluding hydrogens is 319 g/mol. The van der Waals surface area contributed by atoms with Gasteiger partial charge in [0.1, 0.15) is 0 Å². The van der Waals surface area contributed by atoms with E-state index in [0.717, 1.165) is 31.7 Å². The van der Waals surface area contributed by atoms with Gasteiger partial charge in [-0.15, -0.1) is 0 Å². The van der Waals surface area contributed by atoms with Gasteiger partial charge >= 0.3 is 6.18 Å². The summed E-state index contributed by atoms with van der Waals surface area (Å²) in [5.74, 6) is 0.863. The van der Waals surface area contributed by atoms with E-state index in [4.69, 9.17) is 10.3 Å². The molecule has 0 spiro atoms. The van der Waals surface area contributed by atoms with Crippen LogP contribution >= 0.6 is 0 Å². The van der Waals surface area contributed by atoms with Crippen molar-refractivity contribution in [1.82, 2.24) is 10.1 Å². The summed E-state index contributed by atoms with van der Waals surface area (Å²) in [5, 5.41) is 4.04. The lowest BCUT2D eigenvalue weighted by Crippen LogP contribution is -2.34. The molecule has 2 aromatic rings. The van der Waals surface area contributed by atoms with Crippen LogP contribution in [-0.4, -0.2) is 10.1 Å². The van der Waals surface area contributed by atoms with Gasteiger partial charge in [-0.3, -0.25) is 0 Å². The Bertz CT molecular complexity index is 758. The highest BCUT2D eigenvalue weighted by atomic mass is 19.4. The second kappa shape index (κ2) is 5.05. The third kappa shape index (κ3) is 2.42. The van der Waals surface area contributed by atoms with E-state index in [1.165, 1.54) is 12.1 Å². The van der Waals surface area contributed by atoms with Crippen LogP contribution in [0, 0.1) is 0 Å². The van der Waals surface area contributed by atoms with Gasteiger partial charge in [0, 0.05) is 0 Å². The first-order valence-electron chi connectivity index (χ1n) is 8.15. The molecule has 0 radical (unpaired) electrons. The molecule has 2 aliphatic carbocycles. The van der Waals surface area contributed by atoms with Gasteiger partial charge in [-0.05, 0) is 37.3 Å². The van der Waals surface area contributed by atoms with Gasteiger partial charge in [0.05, 0.1) is 16.5 Å². The normalized spacial score (nSPS) is 21.8. The Kier molecular flexibility index (Phi) is 3.29. The fourth-order valence-corrected chi connectivity index (χ4v) is 3.59. The first kappa shape index (κ1) is 15.6. The molecule has 0 saturated heterocycles. The van der Waals surface area contributed by atoms with Crippen molar-refractivity contribution < 1.29 is 17.7 Å². The summed E-state index contributed by atoms with van der Waals surface area (Å²) >= 11 is 0. The molecule has 1 aromatic carbocycles. The van der Waals surface area contributed by atoms with Crippen LogP contribution in [0.15, 0.2) is 28.8 Å². The third-order valence-electron chi connectivity index (χ3n) is 5.27. The molecule has 1 heterocycles. The van der Waals surface area contributed by atoms with Gasteiger partial charge in [-0.25, -0.2) is 0 Å². The van der Waals surface area contributed by atoms with Crippen molar-refractivity contribution in [2.24, 2.45) is 5.73 Å². The minimum atomic E-state index is -4.36. The van der Waals surface area contributed by atoms with Gasteiger partial charge in [-0.1, -0.05) is 36.2 Å². The van der Waals surface area contributed by atoms with Crippen LogP contribution in [-0.2, 0) is 17.1 Å². The maximum absolute atomic E-state index is 13.0. The van der Waals surface area contributed by atoms with E-state index in [1.807, 2.05) is 0 Å². The van der Waals surface area contributed by atoms with Crippen LogP contribution in [0.2, 0.25) is 0 Å². The van der Waals surface area contributed by atoms with Gasteiger partial charge in [0.25, 0.3) is 0 Å². The van der Waals surface area contributed by atoms with Crippen LogP contribution in [0.1, 0.15) is 61.4 Å². The largest absolute Gasteiger partial charge is 0.416 e. The topological polar surface area (TPSA) is 64.9 Å². The number of halogens is 3. The summed E-state index contributed by atoms with van der Waals surface area (Å²) in [6, 6.07) is 5.38. The predicted octanol–water partition coefficient (Wildman–Crippen LogP) is 3.90. The molecule has 2 N–H and O–H groups in total. The zero-order valence-electron chi connectivity index (χ0n) is 13.1. The molecule has 4 rings (SSSR count). The van der Waals surface area contributed by atoms with Gasteiger partial charge in [0.2, 0.25) is 5.89 Å². The van der Waals surface area contributed by atoms with Crippen molar-refractivity contribution in [3.05, 3.63) is 47.1 Å². The second-order valence-electron chi connectivity index (χ2n) is 6.95. The summed E-state index contributed by atoms with van der Waals surface area (Å²) in [5.41, 5.74) is 5.10. The number of rotatable bonds is 3. The first-order chi connectivity index (χ1) is 11.3. The lowest BCUT2D eigenvalue weighted by molar-refractivity contribution is -0.137. The van der Waals surface area contributed by atoms with E-state index in [-0.39, 0.29) is 0 Å². The zero-order valence-corrected chi connectivity index (χ0v) is 13.1. The molecule has 2 fully saturated rings. The maximum Gasteiger partial charge on any atom is 0.416 e. The Morgan fingerprint density at radius 1 is 1.08 bits per heavy atom. The van der Waals surface area contributed by atoms with Crippen LogP contribution in [0.25, 0.3) is 0 Å². The van der Waals surface area contributed by atoms with E-state index in [0.29, 0.717) is 30.1 Å². The van der Waals surface area contributed by atoms with E-state index in [1.54, 1.807) is 6.07 Å². The van der Waals surface area contributed by atoms with Crippen molar-refractivity contribution in [1.29, 1.82) is 0 Å². The van der Waals surface area contributed by atoms with E-state index in [2.05, 4.69) is 10.1 Å². The molecule has 0 amide bonds. The standard InChI is InChI=1S/C17H18F3N3O/c18-17(19,20)12-5-3-4-11(10-12)15(8-9-15)14-22-13(23-24-14)16(21)6-1-2-7-16/h3-5,10H,1-2,6-9,21H2. The minimum absolute atomic E-state index is 0.383. The lowest BCUT2D eigenvalue weighted by Gasteiger charge is -2.18. The fourth-order valence-electron chi connectivity index (χ4n) is 3.59. The second-order valence-corrected chi connectivity index (χ2v) is 6.95. The average molecular weight is 337 g/mol. The number of hydrogen-bond donors (Lipinski definition) is 1. The van der Waals surface area contributed by atoms with Crippen molar-refractivity contribution in [3.8, 4) is 0 Å². The van der Waals surface area contributed by atoms with Crippen molar-refractivity contribution in [2.75, 3.05) is 0 Å². The number of benzene rings is 1. The van der Waals surface area contributed by atoms with Crippen LogP contribution in [0.3, 0.4) is 0 Å². The number of hydrogen-bond acceptors (Lipinski definition) is 4.